The molecule has 0 radical (unpaired) electrons. The van der Waals surface area contributed by atoms with Crippen LogP contribution in [0.3, 0.4) is 0 Å². The topological polar surface area (TPSA) is 60.9 Å². The Morgan fingerprint density at radius 1 is 1.19 bits per heavy atom. The Morgan fingerprint density at radius 3 is 2.34 bits per heavy atom. The fraction of sp³-hybridized carbons (Fsp3) is 0.652. The maximum Gasteiger partial charge on any atom is 0.494 e. The Hall–Kier alpha value is -1.71. The number of thiazole rings is 1. The summed E-state index contributed by atoms with van der Waals surface area (Å²) in [5.41, 5.74) is -0.412. The lowest BCUT2D eigenvalue weighted by molar-refractivity contribution is 0.00578. The first-order valence-electron chi connectivity index (χ1n) is 11.2. The molecule has 2 aliphatic heterocycles. The van der Waals surface area contributed by atoms with Gasteiger partial charge in [0.25, 0.3) is 0 Å². The van der Waals surface area contributed by atoms with E-state index in [0.717, 1.165) is 22.5 Å². The number of piperidine rings is 1. The first-order valence-corrected chi connectivity index (χ1v) is 12.0. The highest BCUT2D eigenvalue weighted by molar-refractivity contribution is 7.18. The molecule has 0 unspecified atom stereocenters. The van der Waals surface area contributed by atoms with E-state index in [1.54, 1.807) is 4.90 Å². The molecule has 9 heteroatoms. The van der Waals surface area contributed by atoms with Crippen molar-refractivity contribution in [3.8, 4) is 0 Å². The Balaban J connectivity index is 1.49. The van der Waals surface area contributed by atoms with Crippen molar-refractivity contribution in [2.45, 2.75) is 84.0 Å². The smallest absolute Gasteiger partial charge is 0.444 e. The molecule has 32 heavy (non-hydrogen) atoms. The fourth-order valence-electron chi connectivity index (χ4n) is 3.95. The van der Waals surface area contributed by atoms with Gasteiger partial charge >= 0.3 is 13.2 Å². The van der Waals surface area contributed by atoms with Gasteiger partial charge in [-0.15, -0.1) is 11.3 Å². The van der Waals surface area contributed by atoms with Crippen molar-refractivity contribution in [1.29, 1.82) is 0 Å². The largest absolute Gasteiger partial charge is 0.494 e. The van der Waals surface area contributed by atoms with Crippen molar-refractivity contribution in [3.05, 3.63) is 23.0 Å². The first kappa shape index (κ1) is 23.5. The van der Waals surface area contributed by atoms with Crippen LogP contribution in [0.25, 0.3) is 10.2 Å². The third kappa shape index (κ3) is 4.52. The van der Waals surface area contributed by atoms with Gasteiger partial charge in [-0.3, -0.25) is 0 Å². The summed E-state index contributed by atoms with van der Waals surface area (Å²) in [6, 6.07) is 3.40. The standard InChI is InChI=1S/C23H32BFN2O4S/c1-21(2,3)29-20(28)27-10-8-14(9-11-27)19-26-18-16(25)12-15(13-17(18)32-19)24-30-22(4,5)23(6,7)31-24/h12-14H,8-11H2,1-7H3. The Bertz CT molecular complexity index is 1010. The molecule has 2 aromatic rings. The maximum absolute atomic E-state index is 15.0. The average Bonchev–Trinajstić information content (AvgIpc) is 3.19. The number of nitrogens with zero attached hydrogens (tertiary/aromatic N) is 2. The predicted molar refractivity (Wildman–Crippen MR) is 125 cm³/mol. The summed E-state index contributed by atoms with van der Waals surface area (Å²) in [5, 5.41) is 0.911. The van der Waals surface area contributed by atoms with Crippen LogP contribution in [0.5, 0.6) is 0 Å². The third-order valence-electron chi connectivity index (χ3n) is 6.51. The molecule has 1 amide bonds. The van der Waals surface area contributed by atoms with Crippen LogP contribution in [0.1, 0.15) is 72.2 Å². The van der Waals surface area contributed by atoms with Gasteiger partial charge in [0.1, 0.15) is 16.9 Å². The van der Waals surface area contributed by atoms with Gasteiger partial charge in [0, 0.05) is 19.0 Å². The van der Waals surface area contributed by atoms with Crippen LogP contribution < -0.4 is 5.46 Å². The van der Waals surface area contributed by atoms with Gasteiger partial charge in [-0.1, -0.05) is 0 Å². The molecule has 2 aliphatic rings. The predicted octanol–water partition coefficient (Wildman–Crippen LogP) is 4.85. The molecule has 0 bridgehead atoms. The van der Waals surface area contributed by atoms with E-state index in [-0.39, 0.29) is 17.8 Å². The molecular formula is C23H32BFN2O4S. The van der Waals surface area contributed by atoms with Crippen molar-refractivity contribution < 1.29 is 23.2 Å². The number of ether oxygens (including phenoxy) is 1. The molecule has 174 valence electrons. The number of hydrogen-bond acceptors (Lipinski definition) is 6. The highest BCUT2D eigenvalue weighted by atomic mass is 32.1. The number of carbonyl (C=O) groups is 1. The summed E-state index contributed by atoms with van der Waals surface area (Å²) in [6.07, 6.45) is 1.29. The van der Waals surface area contributed by atoms with Crippen molar-refractivity contribution in [2.75, 3.05) is 13.1 Å². The molecule has 1 aromatic carbocycles. The quantitative estimate of drug-likeness (QED) is 0.598. The van der Waals surface area contributed by atoms with E-state index in [1.165, 1.54) is 17.4 Å². The molecule has 4 rings (SSSR count). The van der Waals surface area contributed by atoms with Crippen LogP contribution in [0.4, 0.5) is 9.18 Å². The van der Waals surface area contributed by atoms with E-state index in [1.807, 2.05) is 54.5 Å². The lowest BCUT2D eigenvalue weighted by Crippen LogP contribution is -2.41. The number of hydrogen-bond donors (Lipinski definition) is 0. The van der Waals surface area contributed by atoms with E-state index in [2.05, 4.69) is 4.98 Å². The zero-order valence-corrected chi connectivity index (χ0v) is 20.8. The van der Waals surface area contributed by atoms with Gasteiger partial charge in [-0.2, -0.15) is 0 Å². The van der Waals surface area contributed by atoms with Crippen LogP contribution in [0, 0.1) is 5.82 Å². The van der Waals surface area contributed by atoms with Crippen LogP contribution in [0.15, 0.2) is 12.1 Å². The minimum absolute atomic E-state index is 0.200. The lowest BCUT2D eigenvalue weighted by atomic mass is 9.79. The number of aromatic nitrogens is 1. The summed E-state index contributed by atoms with van der Waals surface area (Å²) >= 11 is 1.51. The zero-order valence-electron chi connectivity index (χ0n) is 20.0. The molecule has 6 nitrogen and oxygen atoms in total. The highest BCUT2D eigenvalue weighted by Gasteiger charge is 2.52. The van der Waals surface area contributed by atoms with Crippen molar-refractivity contribution in [1.82, 2.24) is 9.88 Å². The fourth-order valence-corrected chi connectivity index (χ4v) is 5.15. The molecule has 3 heterocycles. The second-order valence-corrected chi connectivity index (χ2v) is 11.8. The van der Waals surface area contributed by atoms with Gasteiger partial charge in [-0.05, 0) is 78.9 Å². The zero-order chi connectivity index (χ0) is 23.5. The summed E-state index contributed by atoms with van der Waals surface area (Å²) in [4.78, 5) is 18.7. The second-order valence-electron chi connectivity index (χ2n) is 10.7. The van der Waals surface area contributed by atoms with Gasteiger partial charge < -0.3 is 18.9 Å². The summed E-state index contributed by atoms with van der Waals surface area (Å²) < 4.78 is 33.4. The molecule has 0 N–H and O–H groups in total. The first-order chi connectivity index (χ1) is 14.8. The number of amides is 1. The lowest BCUT2D eigenvalue weighted by Gasteiger charge is -2.32. The number of carbonyl (C=O) groups excluding carboxylic acids is 1. The molecule has 2 fully saturated rings. The van der Waals surface area contributed by atoms with Crippen molar-refractivity contribution in [2.24, 2.45) is 0 Å². The maximum atomic E-state index is 15.0. The van der Waals surface area contributed by atoms with Crippen LogP contribution in [0.2, 0.25) is 0 Å². The molecule has 2 saturated heterocycles. The molecule has 0 saturated carbocycles. The summed E-state index contributed by atoms with van der Waals surface area (Å²) in [6.45, 7) is 14.7. The third-order valence-corrected chi connectivity index (χ3v) is 7.67. The summed E-state index contributed by atoms with van der Waals surface area (Å²) in [7, 11) is -0.610. The van der Waals surface area contributed by atoms with E-state index in [9.17, 15) is 9.18 Å². The monoisotopic (exact) mass is 462 g/mol. The van der Waals surface area contributed by atoms with Gasteiger partial charge in [-0.25, -0.2) is 14.2 Å². The van der Waals surface area contributed by atoms with Gasteiger partial charge in [0.2, 0.25) is 0 Å². The normalized spacial score (nSPS) is 21.4. The highest BCUT2D eigenvalue weighted by Crippen LogP contribution is 2.38. The van der Waals surface area contributed by atoms with E-state index in [4.69, 9.17) is 14.0 Å². The Labute approximate surface area is 193 Å². The minimum atomic E-state index is -0.610. The molecule has 0 atom stereocenters. The van der Waals surface area contributed by atoms with E-state index < -0.39 is 23.9 Å². The van der Waals surface area contributed by atoms with Gasteiger partial charge in [0.05, 0.1) is 20.9 Å². The summed E-state index contributed by atoms with van der Waals surface area (Å²) in [5.74, 6) is -0.160. The molecule has 0 spiro atoms. The average molecular weight is 462 g/mol. The van der Waals surface area contributed by atoms with Crippen LogP contribution in [-0.2, 0) is 14.0 Å². The number of likely N-dealkylation sites (tertiary alicyclic amines) is 1. The number of rotatable bonds is 2. The van der Waals surface area contributed by atoms with E-state index in [0.29, 0.717) is 24.1 Å². The SMILES string of the molecule is CC(C)(C)OC(=O)N1CCC(c2nc3c(F)cc(B4OC(C)(C)C(C)(C)O4)cc3s2)CC1. The Kier molecular flexibility index (Phi) is 5.83. The molecule has 1 aromatic heterocycles. The Morgan fingerprint density at radius 2 is 1.78 bits per heavy atom. The van der Waals surface area contributed by atoms with Crippen LogP contribution >= 0.6 is 11.3 Å². The van der Waals surface area contributed by atoms with Crippen molar-refractivity contribution >= 4 is 40.2 Å². The number of fused-ring (bicyclic) bond motifs is 1. The van der Waals surface area contributed by atoms with E-state index >= 15 is 0 Å². The number of benzene rings is 1. The minimum Gasteiger partial charge on any atom is -0.444 e. The second kappa shape index (κ2) is 7.96. The van der Waals surface area contributed by atoms with Gasteiger partial charge in [0.15, 0.2) is 0 Å². The molecular weight excluding hydrogens is 430 g/mol. The molecule has 0 aliphatic carbocycles. The van der Waals surface area contributed by atoms with Crippen LogP contribution in [-0.4, -0.2) is 53.0 Å². The van der Waals surface area contributed by atoms with Crippen molar-refractivity contribution in [3.63, 3.8) is 0 Å². The number of halogens is 1.